The second kappa shape index (κ2) is 22.5. The molecular weight excluding hydrogens is 1000 g/mol. The maximum atomic E-state index is 14.2. The molecule has 7 N–H and O–H groups in total. The third-order valence-corrected chi connectivity index (χ3v) is 16.9. The number of carbonyl (C=O) groups is 2. The molecular formula is C56H68N12O8S. The summed E-state index contributed by atoms with van der Waals surface area (Å²) in [5.74, 6) is 0.745. The highest BCUT2D eigenvalue weighted by Crippen LogP contribution is 2.41. The number of anilines is 4. The van der Waals surface area contributed by atoms with Gasteiger partial charge < -0.3 is 60.4 Å². The van der Waals surface area contributed by atoms with Crippen molar-refractivity contribution in [3.63, 3.8) is 0 Å². The number of ether oxygens (including phenoxy) is 3. The number of aliphatic hydroxyl groups is 1. The number of aromatic hydroxyl groups is 1. The topological polar surface area (TPSA) is 257 Å². The highest BCUT2D eigenvalue weighted by molar-refractivity contribution is 7.13. The first kappa shape index (κ1) is 52.0. The van der Waals surface area contributed by atoms with Crippen LogP contribution in [-0.4, -0.2) is 146 Å². The number of piperidine rings is 1. The molecule has 4 aliphatic heterocycles. The lowest BCUT2D eigenvalue weighted by Gasteiger charge is -2.43. The molecule has 5 fully saturated rings. The van der Waals surface area contributed by atoms with E-state index in [1.165, 1.54) is 16.2 Å². The average Bonchev–Trinajstić information content (AvgIpc) is 4.25. The van der Waals surface area contributed by atoms with E-state index in [1.54, 1.807) is 23.7 Å². The summed E-state index contributed by atoms with van der Waals surface area (Å²) >= 11 is 1.47. The lowest BCUT2D eigenvalue weighted by atomic mass is 9.91. The minimum atomic E-state index is -0.846. The quantitative estimate of drug-likeness (QED) is 0.0622. The van der Waals surface area contributed by atoms with Crippen molar-refractivity contribution in [1.29, 1.82) is 0 Å². The second-order valence-corrected chi connectivity index (χ2v) is 22.4. The summed E-state index contributed by atoms with van der Waals surface area (Å²) in [6, 6.07) is 22.0. The summed E-state index contributed by atoms with van der Waals surface area (Å²) in [5.41, 5.74) is 19.1. The fourth-order valence-electron chi connectivity index (χ4n) is 11.8. The van der Waals surface area contributed by atoms with E-state index in [-0.39, 0.29) is 72.9 Å². The number of fused-ring (bicyclic) bond motifs is 2. The molecule has 11 rings (SSSR count). The van der Waals surface area contributed by atoms with Crippen LogP contribution in [0.1, 0.15) is 89.0 Å². The number of para-hydroxylation sites is 1. The molecule has 1 saturated carbocycles. The Balaban J connectivity index is 0.601. The number of aromatic nitrogens is 5. The van der Waals surface area contributed by atoms with Crippen LogP contribution >= 0.6 is 11.3 Å². The van der Waals surface area contributed by atoms with Crippen molar-refractivity contribution in [2.45, 2.75) is 120 Å². The number of phenols is 1. The van der Waals surface area contributed by atoms with Gasteiger partial charge in [-0.3, -0.25) is 14.5 Å². The van der Waals surface area contributed by atoms with E-state index >= 15 is 0 Å². The van der Waals surface area contributed by atoms with E-state index in [4.69, 9.17) is 30.2 Å². The monoisotopic (exact) mass is 1070 g/mol. The molecule has 406 valence electrons. The molecule has 2 bridgehead atoms. The number of hydrogen-bond donors (Lipinski definition) is 5. The van der Waals surface area contributed by atoms with Crippen molar-refractivity contribution in [3.05, 3.63) is 95.8 Å². The van der Waals surface area contributed by atoms with Crippen LogP contribution in [0.15, 0.2) is 89.0 Å². The molecule has 2 amide bonds. The van der Waals surface area contributed by atoms with Crippen LogP contribution in [0.2, 0.25) is 0 Å². The fraction of sp³-hybridized carbons (Fsp3) is 0.482. The number of nitrogen functional groups attached to an aromatic ring is 2. The Bertz CT molecular complexity index is 3000. The Hall–Kier alpha value is -7.07. The molecule has 8 heterocycles. The predicted molar refractivity (Wildman–Crippen MR) is 291 cm³/mol. The lowest BCUT2D eigenvalue weighted by Crippen LogP contribution is -2.54. The van der Waals surface area contributed by atoms with Gasteiger partial charge in [0.2, 0.25) is 17.7 Å². The van der Waals surface area contributed by atoms with E-state index in [9.17, 15) is 19.8 Å². The van der Waals surface area contributed by atoms with Crippen LogP contribution < -0.4 is 36.1 Å². The number of nitrogens with zero attached hydrogens (tertiary/aromatic N) is 9. The Kier molecular flexibility index (Phi) is 15.2. The summed E-state index contributed by atoms with van der Waals surface area (Å²) in [6.07, 6.45) is 7.17. The summed E-state index contributed by atoms with van der Waals surface area (Å²) in [6.45, 7) is 10.2. The minimum absolute atomic E-state index is 0.0410. The number of rotatable bonds is 18. The van der Waals surface area contributed by atoms with Gasteiger partial charge in [-0.2, -0.15) is 0 Å². The van der Waals surface area contributed by atoms with Crippen molar-refractivity contribution in [3.8, 4) is 39.2 Å². The molecule has 4 aromatic heterocycles. The minimum Gasteiger partial charge on any atom is -0.507 e. The molecule has 1 aliphatic carbocycles. The number of likely N-dealkylation sites (tertiary alicyclic amines) is 2. The molecule has 6 aromatic rings. The number of β-amino-alcohol motifs (C(OH)–C–C–N with tert-alkyl or cyclic N) is 1. The number of hydrogen-bond acceptors (Lipinski definition) is 19. The normalized spacial score (nSPS) is 23.5. The molecule has 77 heavy (non-hydrogen) atoms. The van der Waals surface area contributed by atoms with Gasteiger partial charge in [-0.05, 0) is 79.1 Å². The summed E-state index contributed by atoms with van der Waals surface area (Å²) in [7, 11) is 0. The van der Waals surface area contributed by atoms with Crippen molar-refractivity contribution < 1.29 is 38.5 Å². The number of benzene rings is 2. The maximum absolute atomic E-state index is 14.2. The lowest BCUT2D eigenvalue weighted by molar-refractivity contribution is -0.141. The number of thiazole rings is 1. The highest BCUT2D eigenvalue weighted by atomic mass is 32.1. The van der Waals surface area contributed by atoms with Gasteiger partial charge in [0, 0.05) is 100 Å². The number of phenolic OH excluding ortho intramolecular Hbond substituents is 1. The molecule has 0 radical (unpaired) electrons. The number of aliphatic hydroxyl groups excluding tert-OH is 1. The Morgan fingerprint density at radius 3 is 2.35 bits per heavy atom. The third kappa shape index (κ3) is 11.4. The number of carbonyl (C=O) groups excluding carboxylic acids is 2. The smallest absolute Gasteiger partial charge is 0.254 e. The van der Waals surface area contributed by atoms with Crippen molar-refractivity contribution >= 4 is 46.2 Å². The molecule has 2 unspecified atom stereocenters. The van der Waals surface area contributed by atoms with Crippen molar-refractivity contribution in [2.24, 2.45) is 5.92 Å². The molecule has 5 aliphatic rings. The SMILES string of the molecule is CC(C)[C@@H](C(=O)N1C[C@H](O)C[C@H]1C(=O)N[C@@H](C)c1ccc(-c2scnc2N)cc1)c1cc(OCCN2CCC(OC3CC(Oc4cc(N5C6CCC5CN(c5cc(-c7ccccc7O)nnc5N)C6)ccn4)C3)CC2)no1. The van der Waals surface area contributed by atoms with Crippen LogP contribution in [0.4, 0.5) is 23.0 Å². The Morgan fingerprint density at radius 2 is 1.62 bits per heavy atom. The largest absolute Gasteiger partial charge is 0.507 e. The highest BCUT2D eigenvalue weighted by Gasteiger charge is 2.45. The van der Waals surface area contributed by atoms with Crippen LogP contribution in [0.25, 0.3) is 21.7 Å². The predicted octanol–water partition coefficient (Wildman–Crippen LogP) is 6.43. The van der Waals surface area contributed by atoms with Crippen LogP contribution in [0.5, 0.6) is 17.5 Å². The van der Waals surface area contributed by atoms with Gasteiger partial charge in [-0.15, -0.1) is 21.5 Å². The van der Waals surface area contributed by atoms with Gasteiger partial charge >= 0.3 is 0 Å². The first-order valence-electron chi connectivity index (χ1n) is 26.9. The van der Waals surface area contributed by atoms with E-state index in [0.717, 1.165) is 92.1 Å². The number of nitrogens with one attached hydrogen (secondary N) is 1. The molecule has 4 saturated heterocycles. The van der Waals surface area contributed by atoms with Crippen LogP contribution in [0, 0.1) is 5.92 Å². The number of nitrogens with two attached hydrogens (primary N) is 2. The molecule has 20 nitrogen and oxygen atoms in total. The summed E-state index contributed by atoms with van der Waals surface area (Å²) in [4.78, 5) is 46.2. The van der Waals surface area contributed by atoms with E-state index in [2.05, 4.69) is 57.5 Å². The molecule has 2 aromatic carbocycles. The van der Waals surface area contributed by atoms with Crippen LogP contribution in [0.3, 0.4) is 0 Å². The van der Waals surface area contributed by atoms with Gasteiger partial charge in [-0.1, -0.05) is 50.2 Å². The Morgan fingerprint density at radius 1 is 0.857 bits per heavy atom. The van der Waals surface area contributed by atoms with E-state index in [0.29, 0.717) is 53.6 Å². The van der Waals surface area contributed by atoms with Crippen LogP contribution in [-0.2, 0) is 14.3 Å². The molecule has 0 spiro atoms. The zero-order valence-corrected chi connectivity index (χ0v) is 44.5. The molecule has 21 heteroatoms. The maximum Gasteiger partial charge on any atom is 0.254 e. The fourth-order valence-corrected chi connectivity index (χ4v) is 12.5. The van der Waals surface area contributed by atoms with E-state index in [1.807, 2.05) is 69.4 Å². The van der Waals surface area contributed by atoms with Gasteiger partial charge in [0.15, 0.2) is 11.6 Å². The third-order valence-electron chi connectivity index (χ3n) is 16.0. The average molecular weight is 1070 g/mol. The number of piperazine rings is 1. The van der Waals surface area contributed by atoms with Crippen molar-refractivity contribution in [2.75, 3.05) is 67.1 Å². The Labute approximate surface area is 451 Å². The van der Waals surface area contributed by atoms with Gasteiger partial charge in [0.1, 0.15) is 36.2 Å². The van der Waals surface area contributed by atoms with Crippen molar-refractivity contribution in [1.82, 2.24) is 40.4 Å². The summed E-state index contributed by atoms with van der Waals surface area (Å²) in [5, 5.41) is 36.9. The first-order chi connectivity index (χ1) is 37.3. The molecule has 6 atom stereocenters. The second-order valence-electron chi connectivity index (χ2n) is 21.5. The van der Waals surface area contributed by atoms with E-state index < -0.39 is 18.1 Å². The number of amides is 2. The summed E-state index contributed by atoms with van der Waals surface area (Å²) < 4.78 is 24.7. The first-order valence-corrected chi connectivity index (χ1v) is 27.8. The van der Waals surface area contributed by atoms with Gasteiger partial charge in [-0.25, -0.2) is 9.97 Å². The zero-order chi connectivity index (χ0) is 53.3. The van der Waals surface area contributed by atoms with Gasteiger partial charge in [0.05, 0.1) is 46.1 Å². The standard InChI is InChI=1S/C56H68N12O8S/c1-32(2)51(56(72)67-30-39(69)23-46(67)55(71)61-33(3)34-8-10-35(11-9-34)52-54(58)60-31-77-52)48-27-50(64-76-48)73-21-20-65-18-15-40(16-19-65)74-41-24-42(25-41)75-49-22-36(14-17-59-49)68-37-12-13-38(68)29-66(28-37)45-26-44(62-63-53(45)57)43-6-4-5-7-47(43)70/h4-11,14,17,22,26-27,31-33,37-42,46,51,69-70H,12-13,15-16,18-21,23-25,28-30,58H2,1-3H3,(H2,57,63)(H,61,71)/t33-,37?,38?,39+,41?,42?,46-,51+/m0/s1. The number of pyridine rings is 1. The van der Waals surface area contributed by atoms with Gasteiger partial charge in [0.25, 0.3) is 5.88 Å². The zero-order valence-electron chi connectivity index (χ0n) is 43.7.